The number of imide groups is 2. The minimum Gasteiger partial charge on any atom is -0.484 e. The van der Waals surface area contributed by atoms with Crippen LogP contribution in [0.3, 0.4) is 0 Å². The van der Waals surface area contributed by atoms with Crippen molar-refractivity contribution in [1.82, 2.24) is 0 Å². The van der Waals surface area contributed by atoms with Crippen LogP contribution in [-0.2, 0) is 14.4 Å². The first-order chi connectivity index (χ1) is 19.8. The molecule has 0 aliphatic carbocycles. The zero-order chi connectivity index (χ0) is 28.9. The summed E-state index contributed by atoms with van der Waals surface area (Å²) in [6.07, 6.45) is 1.44. The molecule has 41 heavy (non-hydrogen) atoms. The molecule has 1 fully saturated rings. The molecule has 0 bridgehead atoms. The lowest BCUT2D eigenvalue weighted by Crippen LogP contribution is -2.57. The van der Waals surface area contributed by atoms with E-state index in [-0.39, 0.29) is 18.1 Å². The number of nitrogens with zero attached hydrogens (tertiary/aromatic N) is 2. The number of barbiturate groups is 1. The number of amides is 5. The monoisotopic (exact) mass is 545 g/mol. The van der Waals surface area contributed by atoms with Crippen LogP contribution in [0.15, 0.2) is 109 Å². The first-order valence-corrected chi connectivity index (χ1v) is 13.0. The molecule has 0 atom stereocenters. The number of nitrogens with one attached hydrogen (secondary N) is 1. The van der Waals surface area contributed by atoms with Crippen molar-refractivity contribution < 1.29 is 23.9 Å². The number of hydrogen-bond acceptors (Lipinski definition) is 5. The van der Waals surface area contributed by atoms with Gasteiger partial charge in [-0.15, -0.1) is 0 Å². The number of hydrogen-bond donors (Lipinski definition) is 1. The van der Waals surface area contributed by atoms with E-state index in [2.05, 4.69) is 5.32 Å². The van der Waals surface area contributed by atoms with E-state index in [0.29, 0.717) is 28.4 Å². The Morgan fingerprint density at radius 1 is 0.732 bits per heavy atom. The smallest absolute Gasteiger partial charge is 0.343 e. The first kappa shape index (κ1) is 27.1. The number of urea groups is 1. The molecule has 8 heteroatoms. The van der Waals surface area contributed by atoms with Crippen LogP contribution in [0.25, 0.3) is 6.08 Å². The van der Waals surface area contributed by atoms with Crippen LogP contribution >= 0.6 is 0 Å². The Bertz CT molecular complexity index is 1580. The van der Waals surface area contributed by atoms with E-state index >= 15 is 0 Å². The molecule has 5 rings (SSSR count). The predicted molar refractivity (Wildman–Crippen MR) is 158 cm³/mol. The summed E-state index contributed by atoms with van der Waals surface area (Å²) < 4.78 is 5.62. The maximum atomic E-state index is 13.5. The Balaban J connectivity index is 1.35. The van der Waals surface area contributed by atoms with Crippen molar-refractivity contribution in [3.8, 4) is 5.75 Å². The molecule has 0 spiro atoms. The summed E-state index contributed by atoms with van der Waals surface area (Å²) in [6, 6.07) is 28.5. The largest absolute Gasteiger partial charge is 0.484 e. The van der Waals surface area contributed by atoms with Crippen molar-refractivity contribution in [3.05, 3.63) is 125 Å². The second-order valence-corrected chi connectivity index (χ2v) is 9.50. The molecule has 0 aromatic heterocycles. The van der Waals surface area contributed by atoms with E-state index in [0.717, 1.165) is 20.9 Å². The van der Waals surface area contributed by atoms with Gasteiger partial charge in [0.05, 0.1) is 11.4 Å². The van der Waals surface area contributed by atoms with Gasteiger partial charge in [-0.3, -0.25) is 14.4 Å². The van der Waals surface area contributed by atoms with Gasteiger partial charge in [-0.2, -0.15) is 0 Å². The van der Waals surface area contributed by atoms with Crippen LogP contribution in [0.1, 0.15) is 16.7 Å². The highest BCUT2D eigenvalue weighted by Gasteiger charge is 2.43. The maximum Gasteiger partial charge on any atom is 0.343 e. The molecule has 1 aliphatic rings. The number of para-hydroxylation sites is 2. The summed E-state index contributed by atoms with van der Waals surface area (Å²) in [5.41, 5.74) is 3.99. The van der Waals surface area contributed by atoms with E-state index in [1.54, 1.807) is 84.9 Å². The van der Waals surface area contributed by atoms with E-state index in [1.807, 2.05) is 32.0 Å². The van der Waals surface area contributed by atoms with Gasteiger partial charge >= 0.3 is 6.03 Å². The predicted octanol–water partition coefficient (Wildman–Crippen LogP) is 5.90. The van der Waals surface area contributed by atoms with Gasteiger partial charge < -0.3 is 10.1 Å². The third kappa shape index (κ3) is 5.91. The number of anilines is 3. The highest BCUT2D eigenvalue weighted by Crippen LogP contribution is 2.29. The number of carbonyl (C=O) groups is 4. The van der Waals surface area contributed by atoms with Crippen molar-refractivity contribution in [3.63, 3.8) is 0 Å². The van der Waals surface area contributed by atoms with Gasteiger partial charge in [-0.1, -0.05) is 54.6 Å². The molecule has 4 aromatic rings. The molecule has 204 valence electrons. The van der Waals surface area contributed by atoms with E-state index in [4.69, 9.17) is 4.74 Å². The van der Waals surface area contributed by atoms with E-state index < -0.39 is 17.8 Å². The third-order valence-corrected chi connectivity index (χ3v) is 6.63. The van der Waals surface area contributed by atoms with Crippen LogP contribution in [0, 0.1) is 13.8 Å². The standard InChI is InChI=1S/C33H27N3O5/c1-22-13-16-25(19-23(22)2)34-30(37)21-41-28-17-14-24(15-18-28)20-29-31(38)35(26-9-5-3-6-10-26)33(40)36(32(29)39)27-11-7-4-8-12-27/h3-20H,21H2,1-2H3,(H,34,37). The Hall–Kier alpha value is -5.50. The van der Waals surface area contributed by atoms with Crippen molar-refractivity contribution in [2.24, 2.45) is 0 Å². The minimum atomic E-state index is -0.752. The molecule has 4 aromatic carbocycles. The summed E-state index contributed by atoms with van der Waals surface area (Å²) in [5.74, 6) is -1.30. The topological polar surface area (TPSA) is 96.0 Å². The summed E-state index contributed by atoms with van der Waals surface area (Å²) in [6.45, 7) is 3.79. The van der Waals surface area contributed by atoms with Gasteiger partial charge in [0.1, 0.15) is 11.3 Å². The van der Waals surface area contributed by atoms with Crippen molar-refractivity contribution >= 4 is 46.9 Å². The lowest BCUT2D eigenvalue weighted by atomic mass is 10.0. The molecule has 1 heterocycles. The van der Waals surface area contributed by atoms with Gasteiger partial charge in [-0.05, 0) is 85.1 Å². The fourth-order valence-corrected chi connectivity index (χ4v) is 4.33. The molecule has 0 saturated carbocycles. The number of aryl methyl sites for hydroxylation is 2. The van der Waals surface area contributed by atoms with Crippen molar-refractivity contribution in [2.45, 2.75) is 13.8 Å². The fraction of sp³-hybridized carbons (Fsp3) is 0.0909. The van der Waals surface area contributed by atoms with Gasteiger partial charge in [0.2, 0.25) is 0 Å². The lowest BCUT2D eigenvalue weighted by molar-refractivity contribution is -0.121. The van der Waals surface area contributed by atoms with Gasteiger partial charge in [0.25, 0.3) is 17.7 Å². The number of benzene rings is 4. The Morgan fingerprint density at radius 3 is 1.83 bits per heavy atom. The minimum absolute atomic E-state index is 0.168. The molecule has 1 aliphatic heterocycles. The summed E-state index contributed by atoms with van der Waals surface area (Å²) >= 11 is 0. The molecule has 1 N–H and O–H groups in total. The van der Waals surface area contributed by atoms with Crippen molar-refractivity contribution in [1.29, 1.82) is 0 Å². The van der Waals surface area contributed by atoms with Gasteiger partial charge in [0.15, 0.2) is 6.61 Å². The van der Waals surface area contributed by atoms with E-state index in [9.17, 15) is 19.2 Å². The summed E-state index contributed by atoms with van der Waals surface area (Å²) in [5, 5.41) is 2.81. The first-order valence-electron chi connectivity index (χ1n) is 13.0. The van der Waals surface area contributed by atoms with Crippen LogP contribution < -0.4 is 19.9 Å². The van der Waals surface area contributed by atoms with Gasteiger partial charge in [0, 0.05) is 5.69 Å². The summed E-state index contributed by atoms with van der Waals surface area (Å²) in [4.78, 5) is 54.7. The number of rotatable bonds is 7. The molecule has 8 nitrogen and oxygen atoms in total. The zero-order valence-electron chi connectivity index (χ0n) is 22.5. The van der Waals surface area contributed by atoms with Gasteiger partial charge in [-0.25, -0.2) is 14.6 Å². The SMILES string of the molecule is Cc1ccc(NC(=O)COc2ccc(C=C3C(=O)N(c4ccccc4)C(=O)N(c4ccccc4)C3=O)cc2)cc1C. The highest BCUT2D eigenvalue weighted by atomic mass is 16.5. The quantitative estimate of drug-likeness (QED) is 0.230. The van der Waals surface area contributed by atoms with Crippen LogP contribution in [-0.4, -0.2) is 30.4 Å². The Morgan fingerprint density at radius 2 is 1.29 bits per heavy atom. The molecule has 0 radical (unpaired) electrons. The lowest BCUT2D eigenvalue weighted by Gasteiger charge is -2.33. The third-order valence-electron chi connectivity index (χ3n) is 6.63. The zero-order valence-corrected chi connectivity index (χ0v) is 22.5. The summed E-state index contributed by atoms with van der Waals surface area (Å²) in [7, 11) is 0. The highest BCUT2D eigenvalue weighted by molar-refractivity contribution is 6.46. The Labute approximate surface area is 237 Å². The molecule has 0 unspecified atom stereocenters. The van der Waals surface area contributed by atoms with E-state index in [1.165, 1.54) is 6.08 Å². The molecular weight excluding hydrogens is 518 g/mol. The normalized spacial score (nSPS) is 13.3. The molecule has 1 saturated heterocycles. The van der Waals surface area contributed by atoms with Crippen LogP contribution in [0.4, 0.5) is 21.9 Å². The molecular formula is C33H27N3O5. The number of carbonyl (C=O) groups excluding carboxylic acids is 4. The number of ether oxygens (including phenoxy) is 1. The van der Waals surface area contributed by atoms with Crippen LogP contribution in [0.5, 0.6) is 5.75 Å². The fourth-order valence-electron chi connectivity index (χ4n) is 4.33. The van der Waals surface area contributed by atoms with Crippen molar-refractivity contribution in [2.75, 3.05) is 21.7 Å². The van der Waals surface area contributed by atoms with Crippen LogP contribution in [0.2, 0.25) is 0 Å². The second-order valence-electron chi connectivity index (χ2n) is 9.50. The average molecular weight is 546 g/mol. The second kappa shape index (κ2) is 11.7. The molecule has 5 amide bonds. The average Bonchev–Trinajstić information content (AvgIpc) is 2.98. The Kier molecular flexibility index (Phi) is 7.74. The maximum absolute atomic E-state index is 13.5.